The molecule has 0 N–H and O–H groups in total. The highest BCUT2D eigenvalue weighted by Crippen LogP contribution is 2.24. The van der Waals surface area contributed by atoms with Gasteiger partial charge in [-0.1, -0.05) is 36.4 Å². The highest BCUT2D eigenvalue weighted by molar-refractivity contribution is 5.92. The van der Waals surface area contributed by atoms with Crippen molar-refractivity contribution in [2.24, 2.45) is 0 Å². The SMILES string of the molecule is O=C(/C=C/c1ccccc1OC(F)F)N(Cc1ccccc1[N+](=O)[O-])CC(F)(F)F. The summed E-state index contributed by atoms with van der Waals surface area (Å²) in [6, 6.07) is 10.5. The molecule has 0 bridgehead atoms. The van der Waals surface area contributed by atoms with Crippen molar-refractivity contribution < 1.29 is 36.4 Å². The number of ether oxygens (including phenoxy) is 1. The Balaban J connectivity index is 2.29. The largest absolute Gasteiger partial charge is 0.434 e. The first-order valence-corrected chi connectivity index (χ1v) is 8.36. The van der Waals surface area contributed by atoms with Crippen LogP contribution < -0.4 is 4.74 Å². The molecule has 0 heterocycles. The van der Waals surface area contributed by atoms with Gasteiger partial charge in [-0.15, -0.1) is 0 Å². The first kappa shape index (κ1) is 22.8. The van der Waals surface area contributed by atoms with Gasteiger partial charge in [-0.2, -0.15) is 22.0 Å². The molecule has 11 heteroatoms. The molecule has 0 unspecified atom stereocenters. The van der Waals surface area contributed by atoms with E-state index in [1.54, 1.807) is 0 Å². The third-order valence-electron chi connectivity index (χ3n) is 3.77. The minimum atomic E-state index is -4.76. The van der Waals surface area contributed by atoms with Crippen LogP contribution in [0.15, 0.2) is 54.6 Å². The quantitative estimate of drug-likeness (QED) is 0.261. The van der Waals surface area contributed by atoms with E-state index in [0.717, 1.165) is 18.2 Å². The molecule has 0 aliphatic heterocycles. The molecular weight excluding hydrogens is 415 g/mol. The van der Waals surface area contributed by atoms with E-state index in [9.17, 15) is 36.9 Å². The van der Waals surface area contributed by atoms with E-state index in [1.807, 2.05) is 0 Å². The number of rotatable bonds is 8. The van der Waals surface area contributed by atoms with E-state index in [-0.39, 0.29) is 16.9 Å². The lowest BCUT2D eigenvalue weighted by molar-refractivity contribution is -0.385. The van der Waals surface area contributed by atoms with Crippen LogP contribution in [0.4, 0.5) is 27.6 Å². The third kappa shape index (κ3) is 6.83. The fourth-order valence-corrected chi connectivity index (χ4v) is 2.54. The summed E-state index contributed by atoms with van der Waals surface area (Å²) in [5.41, 5.74) is -0.476. The average molecular weight is 430 g/mol. The molecular formula is C19H15F5N2O4. The van der Waals surface area contributed by atoms with Gasteiger partial charge in [0.1, 0.15) is 12.3 Å². The molecule has 160 valence electrons. The van der Waals surface area contributed by atoms with E-state index >= 15 is 0 Å². The molecule has 0 aliphatic rings. The van der Waals surface area contributed by atoms with Crippen LogP contribution in [0, 0.1) is 10.1 Å². The van der Waals surface area contributed by atoms with Gasteiger partial charge in [-0.25, -0.2) is 0 Å². The summed E-state index contributed by atoms with van der Waals surface area (Å²) in [5, 5.41) is 11.1. The Labute approximate surface area is 167 Å². The van der Waals surface area contributed by atoms with Crippen LogP contribution >= 0.6 is 0 Å². The van der Waals surface area contributed by atoms with E-state index < -0.39 is 42.4 Å². The molecule has 0 saturated carbocycles. The van der Waals surface area contributed by atoms with Crippen LogP contribution in [0.25, 0.3) is 6.08 Å². The van der Waals surface area contributed by atoms with Crippen molar-refractivity contribution in [1.82, 2.24) is 4.90 Å². The lowest BCUT2D eigenvalue weighted by Gasteiger charge is -2.22. The molecule has 0 aliphatic carbocycles. The van der Waals surface area contributed by atoms with Gasteiger partial charge in [0.15, 0.2) is 0 Å². The van der Waals surface area contributed by atoms with Gasteiger partial charge < -0.3 is 9.64 Å². The van der Waals surface area contributed by atoms with E-state index in [0.29, 0.717) is 4.90 Å². The number of hydrogen-bond acceptors (Lipinski definition) is 4. The van der Waals surface area contributed by atoms with Gasteiger partial charge in [-0.05, 0) is 12.1 Å². The normalized spacial score (nSPS) is 11.7. The zero-order valence-electron chi connectivity index (χ0n) is 15.2. The van der Waals surface area contributed by atoms with Crippen LogP contribution in [0.3, 0.4) is 0 Å². The van der Waals surface area contributed by atoms with Gasteiger partial charge in [0.2, 0.25) is 5.91 Å². The molecule has 2 aromatic carbocycles. The molecule has 0 radical (unpaired) electrons. The molecule has 2 aromatic rings. The molecule has 2 rings (SSSR count). The Morgan fingerprint density at radius 1 is 1.13 bits per heavy atom. The van der Waals surface area contributed by atoms with Crippen LogP contribution in [0.5, 0.6) is 5.75 Å². The predicted molar refractivity (Wildman–Crippen MR) is 96.7 cm³/mol. The maximum Gasteiger partial charge on any atom is 0.406 e. The van der Waals surface area contributed by atoms with Gasteiger partial charge in [0.05, 0.1) is 11.5 Å². The molecule has 30 heavy (non-hydrogen) atoms. The van der Waals surface area contributed by atoms with E-state index in [1.165, 1.54) is 42.5 Å². The monoisotopic (exact) mass is 430 g/mol. The predicted octanol–water partition coefficient (Wildman–Crippen LogP) is 4.80. The summed E-state index contributed by atoms with van der Waals surface area (Å²) in [4.78, 5) is 23.1. The lowest BCUT2D eigenvalue weighted by atomic mass is 10.1. The van der Waals surface area contributed by atoms with Gasteiger partial charge >= 0.3 is 12.8 Å². The number of benzene rings is 2. The fourth-order valence-electron chi connectivity index (χ4n) is 2.54. The fraction of sp³-hybridized carbons (Fsp3) is 0.211. The number of carbonyl (C=O) groups excluding carboxylic acids is 1. The molecule has 0 spiro atoms. The topological polar surface area (TPSA) is 72.7 Å². The average Bonchev–Trinajstić information content (AvgIpc) is 2.65. The Hall–Kier alpha value is -3.50. The van der Waals surface area contributed by atoms with Gasteiger partial charge in [0, 0.05) is 23.3 Å². The number of carbonyl (C=O) groups is 1. The van der Waals surface area contributed by atoms with Crippen molar-refractivity contribution in [3.63, 3.8) is 0 Å². The Bertz CT molecular complexity index is 931. The summed E-state index contributed by atoms with van der Waals surface area (Å²) in [6.07, 6.45) is -2.97. The minimum Gasteiger partial charge on any atom is -0.434 e. The second kappa shape index (κ2) is 9.81. The van der Waals surface area contributed by atoms with Crippen molar-refractivity contribution in [3.05, 3.63) is 75.8 Å². The maximum absolute atomic E-state index is 12.9. The summed E-state index contributed by atoms with van der Waals surface area (Å²) in [5.74, 6) is -1.38. The smallest absolute Gasteiger partial charge is 0.406 e. The number of para-hydroxylation sites is 2. The zero-order valence-corrected chi connectivity index (χ0v) is 15.2. The highest BCUT2D eigenvalue weighted by atomic mass is 19.4. The summed E-state index contributed by atoms with van der Waals surface area (Å²) >= 11 is 0. The molecule has 0 fully saturated rings. The van der Waals surface area contributed by atoms with Crippen molar-refractivity contribution in [3.8, 4) is 5.75 Å². The number of nitrogens with zero attached hydrogens (tertiary/aromatic N) is 2. The second-order valence-electron chi connectivity index (χ2n) is 5.94. The van der Waals surface area contributed by atoms with Crippen LogP contribution in [0.2, 0.25) is 0 Å². The molecule has 6 nitrogen and oxygen atoms in total. The third-order valence-corrected chi connectivity index (χ3v) is 3.77. The summed E-state index contributed by atoms with van der Waals surface area (Å²) < 4.78 is 68.0. The Morgan fingerprint density at radius 3 is 2.40 bits per heavy atom. The zero-order chi connectivity index (χ0) is 22.3. The Morgan fingerprint density at radius 2 is 1.77 bits per heavy atom. The van der Waals surface area contributed by atoms with Crippen molar-refractivity contribution in [1.29, 1.82) is 0 Å². The first-order chi connectivity index (χ1) is 14.1. The molecule has 0 saturated heterocycles. The highest BCUT2D eigenvalue weighted by Gasteiger charge is 2.33. The Kier molecular flexibility index (Phi) is 7.45. The van der Waals surface area contributed by atoms with E-state index in [2.05, 4.69) is 4.74 Å². The number of nitro benzene ring substituents is 1. The molecule has 0 atom stereocenters. The van der Waals surface area contributed by atoms with Gasteiger partial charge in [0.25, 0.3) is 5.69 Å². The number of nitro groups is 1. The number of hydrogen-bond donors (Lipinski definition) is 0. The van der Waals surface area contributed by atoms with Crippen LogP contribution in [-0.4, -0.2) is 35.1 Å². The van der Waals surface area contributed by atoms with Gasteiger partial charge in [-0.3, -0.25) is 14.9 Å². The van der Waals surface area contributed by atoms with Crippen LogP contribution in [0.1, 0.15) is 11.1 Å². The number of amides is 1. The van der Waals surface area contributed by atoms with E-state index in [4.69, 9.17) is 0 Å². The molecule has 1 amide bonds. The standard InChI is InChI=1S/C19H15F5N2O4/c20-18(21)30-16-8-4-2-5-13(16)9-10-17(27)25(12-19(22,23)24)11-14-6-1-3-7-15(14)26(28)29/h1-10,18H,11-12H2/b10-9+. The summed E-state index contributed by atoms with van der Waals surface area (Å²) in [7, 11) is 0. The second-order valence-corrected chi connectivity index (χ2v) is 5.94. The minimum absolute atomic E-state index is 0.0452. The number of alkyl halides is 5. The van der Waals surface area contributed by atoms with Crippen molar-refractivity contribution >= 4 is 17.7 Å². The maximum atomic E-state index is 12.9. The summed E-state index contributed by atoms with van der Waals surface area (Å²) in [6.45, 7) is -5.46. The van der Waals surface area contributed by atoms with Crippen molar-refractivity contribution in [2.75, 3.05) is 6.54 Å². The van der Waals surface area contributed by atoms with Crippen LogP contribution in [-0.2, 0) is 11.3 Å². The van der Waals surface area contributed by atoms with Crippen molar-refractivity contribution in [2.45, 2.75) is 19.3 Å². The first-order valence-electron chi connectivity index (χ1n) is 8.36. The lowest BCUT2D eigenvalue weighted by Crippen LogP contribution is -2.37. The number of halogens is 5. The molecule has 0 aromatic heterocycles.